The predicted octanol–water partition coefficient (Wildman–Crippen LogP) is 3.30. The number of benzene rings is 1. The van der Waals surface area contributed by atoms with E-state index in [2.05, 4.69) is 5.32 Å². The van der Waals surface area contributed by atoms with Gasteiger partial charge in [0.1, 0.15) is 11.5 Å². The second kappa shape index (κ2) is 7.87. The van der Waals surface area contributed by atoms with Crippen LogP contribution in [0.15, 0.2) is 45.7 Å². The molecule has 2 amide bonds. The minimum atomic E-state index is -0.102. The molecule has 0 aliphatic heterocycles. The first-order valence-electron chi connectivity index (χ1n) is 7.24. The molecule has 2 aromatic rings. The molecule has 0 unspecified atom stereocenters. The summed E-state index contributed by atoms with van der Waals surface area (Å²) in [5, 5.41) is 2.71. The second-order valence-corrected chi connectivity index (χ2v) is 6.31. The molecule has 6 heteroatoms. The second-order valence-electron chi connectivity index (χ2n) is 5.26. The van der Waals surface area contributed by atoms with Crippen molar-refractivity contribution < 1.29 is 14.0 Å². The van der Waals surface area contributed by atoms with Crippen LogP contribution in [0.2, 0.25) is 0 Å². The molecule has 1 heterocycles. The lowest BCUT2D eigenvalue weighted by atomic mass is 10.3. The highest BCUT2D eigenvalue weighted by molar-refractivity contribution is 8.00. The molecule has 23 heavy (non-hydrogen) atoms. The van der Waals surface area contributed by atoms with Crippen LogP contribution in [0.4, 0.5) is 5.69 Å². The minimum Gasteiger partial charge on any atom is -0.464 e. The van der Waals surface area contributed by atoms with Crippen molar-refractivity contribution in [3.63, 3.8) is 0 Å². The summed E-state index contributed by atoms with van der Waals surface area (Å²) < 4.78 is 5.48. The monoisotopic (exact) mass is 332 g/mol. The van der Waals surface area contributed by atoms with Gasteiger partial charge >= 0.3 is 0 Å². The predicted molar refractivity (Wildman–Crippen MR) is 91.4 cm³/mol. The summed E-state index contributed by atoms with van der Waals surface area (Å²) >= 11 is 1.47. The highest BCUT2D eigenvalue weighted by atomic mass is 32.2. The van der Waals surface area contributed by atoms with Gasteiger partial charge in [0.05, 0.1) is 12.3 Å². The topological polar surface area (TPSA) is 62.6 Å². The van der Waals surface area contributed by atoms with Crippen molar-refractivity contribution in [2.75, 3.05) is 18.1 Å². The molecule has 1 aromatic carbocycles. The van der Waals surface area contributed by atoms with E-state index in [0.29, 0.717) is 12.3 Å². The number of aryl methyl sites for hydroxylation is 1. The molecule has 122 valence electrons. The number of furan rings is 1. The van der Waals surface area contributed by atoms with E-state index < -0.39 is 0 Å². The highest BCUT2D eigenvalue weighted by Gasteiger charge is 2.11. The zero-order valence-corrected chi connectivity index (χ0v) is 14.3. The van der Waals surface area contributed by atoms with Crippen molar-refractivity contribution in [2.45, 2.75) is 25.3 Å². The SMILES string of the molecule is CC(=O)Nc1ccc(SCC(=O)N(C)Cc2ccc(C)o2)cc1. The Morgan fingerprint density at radius 3 is 2.43 bits per heavy atom. The molecular weight excluding hydrogens is 312 g/mol. The standard InChI is InChI=1S/C17H20N2O3S/c1-12-4-7-15(22-12)10-19(3)17(21)11-23-16-8-5-14(6-9-16)18-13(2)20/h4-9H,10-11H2,1-3H3,(H,18,20). The number of nitrogens with one attached hydrogen (secondary N) is 1. The molecule has 1 aromatic heterocycles. The van der Waals surface area contributed by atoms with Crippen LogP contribution < -0.4 is 5.32 Å². The van der Waals surface area contributed by atoms with E-state index in [9.17, 15) is 9.59 Å². The van der Waals surface area contributed by atoms with Gasteiger partial charge in [-0.3, -0.25) is 9.59 Å². The van der Waals surface area contributed by atoms with Gasteiger partial charge in [-0.1, -0.05) is 0 Å². The van der Waals surface area contributed by atoms with E-state index in [1.54, 1.807) is 11.9 Å². The number of hydrogen-bond donors (Lipinski definition) is 1. The Kier molecular flexibility index (Phi) is 5.87. The molecular formula is C17H20N2O3S. The van der Waals surface area contributed by atoms with E-state index >= 15 is 0 Å². The molecule has 0 aliphatic rings. The van der Waals surface area contributed by atoms with E-state index in [-0.39, 0.29) is 11.8 Å². The molecule has 0 fully saturated rings. The zero-order valence-electron chi connectivity index (χ0n) is 13.5. The zero-order chi connectivity index (χ0) is 16.8. The van der Waals surface area contributed by atoms with Gasteiger partial charge in [0, 0.05) is 24.6 Å². The third kappa shape index (κ3) is 5.49. The van der Waals surface area contributed by atoms with Crippen molar-refractivity contribution in [1.82, 2.24) is 4.90 Å². The van der Waals surface area contributed by atoms with Gasteiger partial charge in [-0.05, 0) is 43.3 Å². The van der Waals surface area contributed by atoms with Crippen LogP contribution in [0.1, 0.15) is 18.4 Å². The maximum atomic E-state index is 12.1. The highest BCUT2D eigenvalue weighted by Crippen LogP contribution is 2.21. The first-order chi connectivity index (χ1) is 10.9. The molecule has 0 radical (unpaired) electrons. The fourth-order valence-electron chi connectivity index (χ4n) is 1.99. The largest absolute Gasteiger partial charge is 0.464 e. The van der Waals surface area contributed by atoms with E-state index in [1.807, 2.05) is 43.3 Å². The third-order valence-electron chi connectivity index (χ3n) is 3.15. The Hall–Kier alpha value is -2.21. The molecule has 1 N–H and O–H groups in total. The van der Waals surface area contributed by atoms with Crippen LogP contribution in [0.3, 0.4) is 0 Å². The van der Waals surface area contributed by atoms with Crippen molar-refractivity contribution in [3.8, 4) is 0 Å². The Morgan fingerprint density at radius 1 is 1.17 bits per heavy atom. The Morgan fingerprint density at radius 2 is 1.87 bits per heavy atom. The summed E-state index contributed by atoms with van der Waals surface area (Å²) in [5.41, 5.74) is 0.749. The number of carbonyl (C=O) groups excluding carboxylic acids is 2. The Labute approximate surface area is 140 Å². The van der Waals surface area contributed by atoms with Gasteiger partial charge in [-0.15, -0.1) is 11.8 Å². The van der Waals surface area contributed by atoms with Crippen LogP contribution in [-0.4, -0.2) is 29.5 Å². The van der Waals surface area contributed by atoms with Crippen LogP contribution in [-0.2, 0) is 16.1 Å². The van der Waals surface area contributed by atoms with Gasteiger partial charge in [0.2, 0.25) is 11.8 Å². The summed E-state index contributed by atoms with van der Waals surface area (Å²) in [6.45, 7) is 3.82. The summed E-state index contributed by atoms with van der Waals surface area (Å²) in [6, 6.07) is 11.2. The van der Waals surface area contributed by atoms with E-state index in [1.165, 1.54) is 18.7 Å². The third-order valence-corrected chi connectivity index (χ3v) is 4.15. The summed E-state index contributed by atoms with van der Waals surface area (Å²) in [4.78, 5) is 25.7. The number of amides is 2. The van der Waals surface area contributed by atoms with Crippen molar-refractivity contribution in [2.24, 2.45) is 0 Å². The van der Waals surface area contributed by atoms with Crippen molar-refractivity contribution >= 4 is 29.3 Å². The molecule has 2 rings (SSSR count). The normalized spacial score (nSPS) is 10.4. The van der Waals surface area contributed by atoms with E-state index in [0.717, 1.165) is 22.1 Å². The lowest BCUT2D eigenvalue weighted by Gasteiger charge is -2.15. The molecule has 0 bridgehead atoms. The summed E-state index contributed by atoms with van der Waals surface area (Å²) in [5.74, 6) is 1.92. The van der Waals surface area contributed by atoms with Gasteiger partial charge < -0.3 is 14.6 Å². The van der Waals surface area contributed by atoms with Gasteiger partial charge in [0.15, 0.2) is 0 Å². The smallest absolute Gasteiger partial charge is 0.233 e. The number of carbonyl (C=O) groups is 2. The van der Waals surface area contributed by atoms with Crippen molar-refractivity contribution in [1.29, 1.82) is 0 Å². The quantitative estimate of drug-likeness (QED) is 0.825. The number of anilines is 1. The lowest BCUT2D eigenvalue weighted by Crippen LogP contribution is -2.27. The van der Waals surface area contributed by atoms with Crippen LogP contribution in [0.5, 0.6) is 0 Å². The fourth-order valence-corrected chi connectivity index (χ4v) is 2.82. The Bertz CT molecular complexity index is 679. The molecule has 0 aliphatic carbocycles. The molecule has 0 saturated carbocycles. The molecule has 0 spiro atoms. The average Bonchev–Trinajstić information content (AvgIpc) is 2.90. The maximum Gasteiger partial charge on any atom is 0.233 e. The van der Waals surface area contributed by atoms with Crippen LogP contribution >= 0.6 is 11.8 Å². The van der Waals surface area contributed by atoms with Gasteiger partial charge in [-0.2, -0.15) is 0 Å². The Balaban J connectivity index is 1.82. The van der Waals surface area contributed by atoms with E-state index in [4.69, 9.17) is 4.42 Å². The number of thioether (sulfide) groups is 1. The minimum absolute atomic E-state index is 0.0370. The molecule has 0 atom stereocenters. The van der Waals surface area contributed by atoms with Crippen LogP contribution in [0.25, 0.3) is 0 Å². The number of nitrogens with zero attached hydrogens (tertiary/aromatic N) is 1. The molecule has 0 saturated heterocycles. The summed E-state index contributed by atoms with van der Waals surface area (Å²) in [7, 11) is 1.76. The number of hydrogen-bond acceptors (Lipinski definition) is 4. The first kappa shape index (κ1) is 17.1. The van der Waals surface area contributed by atoms with Crippen molar-refractivity contribution in [3.05, 3.63) is 47.9 Å². The van der Waals surface area contributed by atoms with Gasteiger partial charge in [0.25, 0.3) is 0 Å². The first-order valence-corrected chi connectivity index (χ1v) is 8.22. The average molecular weight is 332 g/mol. The molecule has 5 nitrogen and oxygen atoms in total. The van der Waals surface area contributed by atoms with Crippen LogP contribution in [0, 0.1) is 6.92 Å². The fraction of sp³-hybridized carbons (Fsp3) is 0.294. The lowest BCUT2D eigenvalue weighted by molar-refractivity contribution is -0.127. The number of rotatable bonds is 6. The maximum absolute atomic E-state index is 12.1. The van der Waals surface area contributed by atoms with Gasteiger partial charge in [-0.25, -0.2) is 0 Å². The summed E-state index contributed by atoms with van der Waals surface area (Å²) in [6.07, 6.45) is 0.